The van der Waals surface area contributed by atoms with Crippen LogP contribution in [0.2, 0.25) is 0 Å². The number of amides is 1. The van der Waals surface area contributed by atoms with E-state index in [0.29, 0.717) is 23.6 Å². The summed E-state index contributed by atoms with van der Waals surface area (Å²) in [7, 11) is -3.65. The average molecular weight is 432 g/mol. The van der Waals surface area contributed by atoms with E-state index in [1.54, 1.807) is 19.1 Å². The molecule has 0 spiro atoms. The van der Waals surface area contributed by atoms with Crippen molar-refractivity contribution >= 4 is 28.3 Å². The molecule has 0 radical (unpaired) electrons. The number of nitrogens with two attached hydrogens (primary N) is 1. The molecule has 1 amide bonds. The lowest BCUT2D eigenvalue weighted by molar-refractivity contribution is 0.0898. The first-order valence-corrected chi connectivity index (χ1v) is 11.2. The maximum absolute atomic E-state index is 12.8. The highest BCUT2D eigenvalue weighted by molar-refractivity contribution is 7.89. The van der Waals surface area contributed by atoms with Gasteiger partial charge in [-0.15, -0.1) is 12.4 Å². The molecule has 0 saturated heterocycles. The van der Waals surface area contributed by atoms with Gasteiger partial charge >= 0.3 is 0 Å². The van der Waals surface area contributed by atoms with Crippen molar-refractivity contribution in [3.05, 3.63) is 29.3 Å². The molecule has 0 aromatic heterocycles. The van der Waals surface area contributed by atoms with Gasteiger partial charge in [0.2, 0.25) is 10.0 Å². The Morgan fingerprint density at radius 2 is 1.89 bits per heavy atom. The number of hydrogen-bond acceptors (Lipinski definition) is 4. The zero-order chi connectivity index (χ0) is 20.2. The summed E-state index contributed by atoms with van der Waals surface area (Å²) in [5.41, 5.74) is 6.30. The monoisotopic (exact) mass is 431 g/mol. The van der Waals surface area contributed by atoms with Crippen molar-refractivity contribution in [1.82, 2.24) is 10.0 Å². The molecule has 2 rings (SSSR count). The molecule has 0 heterocycles. The lowest BCUT2D eigenvalue weighted by Gasteiger charge is -2.31. The van der Waals surface area contributed by atoms with Crippen molar-refractivity contribution in [1.29, 1.82) is 0 Å². The van der Waals surface area contributed by atoms with Crippen LogP contribution in [0.1, 0.15) is 68.8 Å². The molecule has 1 unspecified atom stereocenters. The van der Waals surface area contributed by atoms with E-state index in [0.717, 1.165) is 32.1 Å². The predicted molar refractivity (Wildman–Crippen MR) is 115 cm³/mol. The van der Waals surface area contributed by atoms with E-state index in [1.807, 2.05) is 6.92 Å². The molecule has 6 nitrogen and oxygen atoms in total. The summed E-state index contributed by atoms with van der Waals surface area (Å²) in [6.45, 7) is 8.12. The lowest BCUT2D eigenvalue weighted by atomic mass is 9.90. The quantitative estimate of drug-likeness (QED) is 0.588. The SMILES string of the molecule is Cc1ccc(C(=O)NC(C)(CN)CC(C)C)cc1S(=O)(=O)NC1CCCC1.Cl. The third-order valence-electron chi connectivity index (χ3n) is 5.14. The summed E-state index contributed by atoms with van der Waals surface area (Å²) in [6, 6.07) is 4.79. The number of sulfonamides is 1. The first-order chi connectivity index (χ1) is 12.6. The molecule has 28 heavy (non-hydrogen) atoms. The number of halogens is 1. The lowest BCUT2D eigenvalue weighted by Crippen LogP contribution is -2.52. The van der Waals surface area contributed by atoms with Crippen LogP contribution >= 0.6 is 12.4 Å². The normalized spacial score (nSPS) is 17.2. The highest BCUT2D eigenvalue weighted by Crippen LogP contribution is 2.23. The summed E-state index contributed by atoms with van der Waals surface area (Å²) in [4.78, 5) is 12.9. The van der Waals surface area contributed by atoms with Crippen LogP contribution in [0, 0.1) is 12.8 Å². The van der Waals surface area contributed by atoms with Crippen molar-refractivity contribution in [2.24, 2.45) is 11.7 Å². The Morgan fingerprint density at radius 3 is 2.43 bits per heavy atom. The van der Waals surface area contributed by atoms with Crippen LogP contribution in [0.15, 0.2) is 23.1 Å². The maximum atomic E-state index is 12.8. The second-order valence-corrected chi connectivity index (χ2v) is 10.1. The van der Waals surface area contributed by atoms with Crippen molar-refractivity contribution in [3.63, 3.8) is 0 Å². The fourth-order valence-corrected chi connectivity index (χ4v) is 5.37. The number of nitrogens with one attached hydrogen (secondary N) is 2. The zero-order valence-corrected chi connectivity index (χ0v) is 18.9. The predicted octanol–water partition coefficient (Wildman–Crippen LogP) is 3.13. The Kier molecular flexibility index (Phi) is 8.93. The van der Waals surface area contributed by atoms with Crippen molar-refractivity contribution in [2.45, 2.75) is 76.3 Å². The number of carbonyl (C=O) groups is 1. The smallest absolute Gasteiger partial charge is 0.251 e. The molecule has 8 heteroatoms. The minimum Gasteiger partial charge on any atom is -0.346 e. The first-order valence-electron chi connectivity index (χ1n) is 9.72. The summed E-state index contributed by atoms with van der Waals surface area (Å²) < 4.78 is 28.4. The van der Waals surface area contributed by atoms with Crippen LogP contribution in [-0.4, -0.2) is 32.5 Å². The van der Waals surface area contributed by atoms with Gasteiger partial charge in [0.05, 0.1) is 4.90 Å². The molecule has 1 fully saturated rings. The first kappa shape index (κ1) is 24.9. The molecule has 1 saturated carbocycles. The van der Waals surface area contributed by atoms with E-state index in [9.17, 15) is 13.2 Å². The number of carbonyl (C=O) groups excluding carboxylic acids is 1. The van der Waals surface area contributed by atoms with E-state index in [-0.39, 0.29) is 29.3 Å². The van der Waals surface area contributed by atoms with Gasteiger partial charge in [-0.05, 0) is 56.7 Å². The molecule has 160 valence electrons. The third-order valence-corrected chi connectivity index (χ3v) is 6.80. The Hall–Kier alpha value is -1.15. The molecule has 1 atom stereocenters. The molecule has 4 N–H and O–H groups in total. The van der Waals surface area contributed by atoms with E-state index in [4.69, 9.17) is 5.73 Å². The van der Waals surface area contributed by atoms with Crippen molar-refractivity contribution in [2.75, 3.05) is 6.54 Å². The largest absolute Gasteiger partial charge is 0.346 e. The number of hydrogen-bond donors (Lipinski definition) is 3. The van der Waals surface area contributed by atoms with Gasteiger partial charge in [-0.1, -0.05) is 32.8 Å². The number of benzene rings is 1. The molecule has 0 aliphatic heterocycles. The Bertz CT molecular complexity index is 777. The van der Waals surface area contributed by atoms with Gasteiger partial charge in [-0.3, -0.25) is 4.79 Å². The van der Waals surface area contributed by atoms with Crippen LogP contribution in [-0.2, 0) is 10.0 Å². The topological polar surface area (TPSA) is 101 Å². The van der Waals surface area contributed by atoms with Gasteiger partial charge in [-0.25, -0.2) is 13.1 Å². The van der Waals surface area contributed by atoms with Crippen molar-refractivity contribution in [3.8, 4) is 0 Å². The molecule has 1 aromatic rings. The van der Waals surface area contributed by atoms with E-state index in [1.165, 1.54) is 6.07 Å². The van der Waals surface area contributed by atoms with Crippen LogP contribution in [0.5, 0.6) is 0 Å². The second kappa shape index (κ2) is 10.1. The van der Waals surface area contributed by atoms with Crippen LogP contribution in [0.25, 0.3) is 0 Å². The van der Waals surface area contributed by atoms with Crippen LogP contribution in [0.4, 0.5) is 0 Å². The zero-order valence-electron chi connectivity index (χ0n) is 17.2. The number of rotatable bonds is 8. The van der Waals surface area contributed by atoms with Crippen LogP contribution < -0.4 is 15.8 Å². The fourth-order valence-electron chi connectivity index (χ4n) is 3.79. The second-order valence-electron chi connectivity index (χ2n) is 8.40. The Morgan fingerprint density at radius 1 is 1.29 bits per heavy atom. The van der Waals surface area contributed by atoms with Gasteiger partial charge in [0, 0.05) is 23.7 Å². The maximum Gasteiger partial charge on any atom is 0.251 e. The summed E-state index contributed by atoms with van der Waals surface area (Å²) >= 11 is 0. The average Bonchev–Trinajstić information content (AvgIpc) is 3.06. The fraction of sp³-hybridized carbons (Fsp3) is 0.650. The van der Waals surface area contributed by atoms with Crippen molar-refractivity contribution < 1.29 is 13.2 Å². The molecular weight excluding hydrogens is 398 g/mol. The van der Waals surface area contributed by atoms with E-state index in [2.05, 4.69) is 23.9 Å². The Balaban J connectivity index is 0.00000392. The number of aryl methyl sites for hydroxylation is 1. The van der Waals surface area contributed by atoms with Gasteiger partial charge in [0.1, 0.15) is 0 Å². The highest BCUT2D eigenvalue weighted by atomic mass is 35.5. The van der Waals surface area contributed by atoms with E-state index < -0.39 is 15.6 Å². The van der Waals surface area contributed by atoms with Gasteiger partial charge in [0.25, 0.3) is 5.91 Å². The summed E-state index contributed by atoms with van der Waals surface area (Å²) in [6.07, 6.45) is 4.56. The molecule has 1 aliphatic carbocycles. The minimum atomic E-state index is -3.65. The molecule has 0 bridgehead atoms. The molecule has 1 aromatic carbocycles. The molecular formula is C20H34ClN3O3S. The minimum absolute atomic E-state index is 0. The van der Waals surface area contributed by atoms with E-state index >= 15 is 0 Å². The summed E-state index contributed by atoms with van der Waals surface area (Å²) in [5.74, 6) is 0.0735. The molecule has 1 aliphatic rings. The summed E-state index contributed by atoms with van der Waals surface area (Å²) in [5, 5.41) is 2.98. The highest BCUT2D eigenvalue weighted by Gasteiger charge is 2.28. The van der Waals surface area contributed by atoms with Crippen LogP contribution in [0.3, 0.4) is 0 Å². The Labute approximate surface area is 175 Å². The van der Waals surface area contributed by atoms with Gasteiger partial charge in [0.15, 0.2) is 0 Å². The standard InChI is InChI=1S/C20H33N3O3S.ClH/c1-14(2)12-20(4,13-21)22-19(24)16-10-9-15(3)18(11-16)27(25,26)23-17-7-5-6-8-17;/h9-11,14,17,23H,5-8,12-13,21H2,1-4H3,(H,22,24);1H. The van der Waals surface area contributed by atoms with Gasteiger partial charge in [-0.2, -0.15) is 0 Å². The van der Waals surface area contributed by atoms with Gasteiger partial charge < -0.3 is 11.1 Å². The third kappa shape index (κ3) is 6.44.